The van der Waals surface area contributed by atoms with E-state index in [-0.39, 0.29) is 0 Å². The molecule has 0 atom stereocenters. The molecular weight excluding hydrogens is 452 g/mol. The average Bonchev–Trinajstić information content (AvgIpc) is 2.85. The number of hydrogen-bond donors (Lipinski definition) is 0. The molecule has 0 spiro atoms. The highest BCUT2D eigenvalue weighted by Crippen LogP contribution is 2.21. The van der Waals surface area contributed by atoms with E-state index in [0.717, 1.165) is 12.2 Å². The first-order chi connectivity index (χ1) is 16.5. The average molecular weight is 481 g/mol. The number of carbonyl (C=O) groups is 2. The molecule has 0 amide bonds. The molecule has 0 unspecified atom stereocenters. The molecule has 0 saturated carbocycles. The van der Waals surface area contributed by atoms with Gasteiger partial charge in [-0.15, -0.1) is 0 Å². The van der Waals surface area contributed by atoms with Crippen molar-refractivity contribution in [3.8, 4) is 17.2 Å². The minimum Gasteiger partial charge on any atom is -0.494 e. The van der Waals surface area contributed by atoms with Crippen LogP contribution in [-0.2, 0) is 0 Å². The fourth-order valence-electron chi connectivity index (χ4n) is 3.25. The molecule has 0 aliphatic carbocycles. The normalized spacial score (nSPS) is 10.5. The molecule has 178 valence electrons. The van der Waals surface area contributed by atoms with Crippen molar-refractivity contribution in [2.24, 2.45) is 0 Å². The smallest absolute Gasteiger partial charge is 0.343 e. The van der Waals surface area contributed by atoms with Gasteiger partial charge in [0, 0.05) is 5.02 Å². The predicted molar refractivity (Wildman–Crippen MR) is 133 cm³/mol. The molecule has 3 aromatic carbocycles. The number of rotatable bonds is 12. The maximum Gasteiger partial charge on any atom is 0.343 e. The fraction of sp³-hybridized carbons (Fsp3) is 0.286. The molecule has 5 nitrogen and oxygen atoms in total. The summed E-state index contributed by atoms with van der Waals surface area (Å²) in [6.07, 6.45) is 7.29. The minimum atomic E-state index is -0.509. The molecule has 6 heteroatoms. The zero-order chi connectivity index (χ0) is 24.2. The summed E-state index contributed by atoms with van der Waals surface area (Å²) < 4.78 is 16.5. The number of esters is 2. The third-order valence-corrected chi connectivity index (χ3v) is 5.43. The van der Waals surface area contributed by atoms with Gasteiger partial charge in [-0.3, -0.25) is 0 Å². The Kier molecular flexibility index (Phi) is 9.98. The van der Waals surface area contributed by atoms with E-state index in [4.69, 9.17) is 25.8 Å². The number of halogens is 1. The van der Waals surface area contributed by atoms with E-state index in [1.165, 1.54) is 32.1 Å². The Hall–Kier alpha value is -3.31. The largest absolute Gasteiger partial charge is 0.494 e. The van der Waals surface area contributed by atoms with Crippen molar-refractivity contribution in [2.45, 2.75) is 45.4 Å². The number of benzene rings is 3. The van der Waals surface area contributed by atoms with Crippen LogP contribution in [0.25, 0.3) is 0 Å². The second kappa shape index (κ2) is 13.4. The highest BCUT2D eigenvalue weighted by atomic mass is 35.5. The molecule has 0 bridgehead atoms. The molecule has 0 aliphatic rings. The van der Waals surface area contributed by atoms with E-state index in [1.54, 1.807) is 72.8 Å². The first-order valence-electron chi connectivity index (χ1n) is 11.6. The lowest BCUT2D eigenvalue weighted by atomic mass is 10.1. The van der Waals surface area contributed by atoms with Crippen molar-refractivity contribution in [3.63, 3.8) is 0 Å². The van der Waals surface area contributed by atoms with E-state index in [0.29, 0.717) is 34.3 Å². The summed E-state index contributed by atoms with van der Waals surface area (Å²) in [5.74, 6) is 0.487. The van der Waals surface area contributed by atoms with Crippen molar-refractivity contribution in [1.29, 1.82) is 0 Å². The Morgan fingerprint density at radius 3 is 1.62 bits per heavy atom. The Balaban J connectivity index is 1.44. The molecule has 0 aromatic heterocycles. The third-order valence-electron chi connectivity index (χ3n) is 5.18. The summed E-state index contributed by atoms with van der Waals surface area (Å²) in [4.78, 5) is 24.6. The lowest BCUT2D eigenvalue weighted by molar-refractivity contribution is 0.0730. The Bertz CT molecular complexity index is 1040. The summed E-state index contributed by atoms with van der Waals surface area (Å²) in [6, 6.07) is 19.6. The first kappa shape index (κ1) is 25.3. The van der Waals surface area contributed by atoms with Gasteiger partial charge in [-0.05, 0) is 79.2 Å². The van der Waals surface area contributed by atoms with Gasteiger partial charge in [0.15, 0.2) is 0 Å². The van der Waals surface area contributed by atoms with Crippen LogP contribution in [0.2, 0.25) is 5.02 Å². The maximum atomic E-state index is 12.4. The summed E-state index contributed by atoms with van der Waals surface area (Å²) in [7, 11) is 0. The molecule has 0 radical (unpaired) electrons. The van der Waals surface area contributed by atoms with Gasteiger partial charge in [0.05, 0.1) is 17.7 Å². The standard InChI is InChI=1S/C28H29ClO5/c1-2-3-4-5-6-7-20-32-24-16-18-26(19-17-24)34-28(31)22-10-14-25(15-11-22)33-27(30)21-8-12-23(29)13-9-21/h8-19H,2-7,20H2,1H3. The van der Waals surface area contributed by atoms with Crippen molar-refractivity contribution in [1.82, 2.24) is 0 Å². The van der Waals surface area contributed by atoms with Crippen molar-refractivity contribution in [2.75, 3.05) is 6.61 Å². The predicted octanol–water partition coefficient (Wildman–Crippen LogP) is 7.52. The Morgan fingerprint density at radius 1 is 0.618 bits per heavy atom. The maximum absolute atomic E-state index is 12.4. The minimum absolute atomic E-state index is 0.323. The van der Waals surface area contributed by atoms with Gasteiger partial charge in [-0.1, -0.05) is 50.6 Å². The zero-order valence-corrected chi connectivity index (χ0v) is 20.1. The van der Waals surface area contributed by atoms with Crippen molar-refractivity contribution < 1.29 is 23.8 Å². The highest BCUT2D eigenvalue weighted by molar-refractivity contribution is 6.30. The van der Waals surface area contributed by atoms with Crippen molar-refractivity contribution >= 4 is 23.5 Å². The topological polar surface area (TPSA) is 61.8 Å². The summed E-state index contributed by atoms with van der Waals surface area (Å²) in [6.45, 7) is 2.89. The molecule has 0 fully saturated rings. The van der Waals surface area contributed by atoms with Gasteiger partial charge in [-0.2, -0.15) is 0 Å². The zero-order valence-electron chi connectivity index (χ0n) is 19.3. The second-order valence-electron chi connectivity index (χ2n) is 7.90. The van der Waals surface area contributed by atoms with Gasteiger partial charge >= 0.3 is 11.9 Å². The lowest BCUT2D eigenvalue weighted by Crippen LogP contribution is -2.10. The van der Waals surface area contributed by atoms with Crippen LogP contribution in [0.3, 0.4) is 0 Å². The summed E-state index contributed by atoms with van der Waals surface area (Å²) in [5.41, 5.74) is 0.724. The Labute approximate surface area is 205 Å². The quantitative estimate of drug-likeness (QED) is 0.152. The van der Waals surface area contributed by atoms with E-state index >= 15 is 0 Å². The molecule has 0 heterocycles. The highest BCUT2D eigenvalue weighted by Gasteiger charge is 2.12. The van der Waals surface area contributed by atoms with Crippen LogP contribution in [-0.4, -0.2) is 18.5 Å². The molecule has 0 aliphatic heterocycles. The third kappa shape index (κ3) is 8.23. The van der Waals surface area contributed by atoms with E-state index in [2.05, 4.69) is 6.92 Å². The van der Waals surface area contributed by atoms with E-state index in [1.807, 2.05) is 0 Å². The van der Waals surface area contributed by atoms with Crippen LogP contribution in [0.5, 0.6) is 17.2 Å². The molecule has 0 saturated heterocycles. The first-order valence-corrected chi connectivity index (χ1v) is 12.0. The number of carbonyl (C=O) groups excluding carboxylic acids is 2. The van der Waals surface area contributed by atoms with Crippen LogP contribution in [0.4, 0.5) is 0 Å². The second-order valence-corrected chi connectivity index (χ2v) is 8.33. The number of ether oxygens (including phenoxy) is 3. The molecule has 0 N–H and O–H groups in total. The summed E-state index contributed by atoms with van der Waals surface area (Å²) in [5, 5.41) is 0.537. The van der Waals surface area contributed by atoms with E-state index in [9.17, 15) is 9.59 Å². The van der Waals surface area contributed by atoms with Crippen LogP contribution in [0, 0.1) is 0 Å². The molecule has 34 heavy (non-hydrogen) atoms. The van der Waals surface area contributed by atoms with Crippen LogP contribution in [0.15, 0.2) is 72.8 Å². The van der Waals surface area contributed by atoms with Crippen molar-refractivity contribution in [3.05, 3.63) is 88.9 Å². The van der Waals surface area contributed by atoms with Gasteiger partial charge in [0.2, 0.25) is 0 Å². The Morgan fingerprint density at radius 2 is 1.06 bits per heavy atom. The molecule has 3 aromatic rings. The van der Waals surface area contributed by atoms with Gasteiger partial charge < -0.3 is 14.2 Å². The fourth-order valence-corrected chi connectivity index (χ4v) is 3.38. The van der Waals surface area contributed by atoms with Gasteiger partial charge in [0.1, 0.15) is 17.2 Å². The lowest BCUT2D eigenvalue weighted by Gasteiger charge is -2.08. The van der Waals surface area contributed by atoms with Crippen LogP contribution >= 0.6 is 11.6 Å². The SMILES string of the molecule is CCCCCCCCOc1ccc(OC(=O)c2ccc(OC(=O)c3ccc(Cl)cc3)cc2)cc1. The van der Waals surface area contributed by atoms with Gasteiger partial charge in [-0.25, -0.2) is 9.59 Å². The van der Waals surface area contributed by atoms with Crippen LogP contribution in [0.1, 0.15) is 66.2 Å². The van der Waals surface area contributed by atoms with Gasteiger partial charge in [0.25, 0.3) is 0 Å². The number of hydrogen-bond acceptors (Lipinski definition) is 5. The van der Waals surface area contributed by atoms with E-state index < -0.39 is 11.9 Å². The molecular formula is C28H29ClO5. The monoisotopic (exact) mass is 480 g/mol. The summed E-state index contributed by atoms with van der Waals surface area (Å²) >= 11 is 5.83. The number of unbranched alkanes of at least 4 members (excludes halogenated alkanes) is 5. The molecule has 3 rings (SSSR count). The van der Waals surface area contributed by atoms with Crippen LogP contribution < -0.4 is 14.2 Å².